The van der Waals surface area contributed by atoms with Gasteiger partial charge in [-0.15, -0.1) is 22.7 Å². The van der Waals surface area contributed by atoms with Gasteiger partial charge in [-0.05, 0) is 36.1 Å². The Bertz CT molecular complexity index is 794. The first kappa shape index (κ1) is 14.7. The van der Waals surface area contributed by atoms with Crippen LogP contribution in [0.1, 0.15) is 10.4 Å². The van der Waals surface area contributed by atoms with E-state index in [0.29, 0.717) is 5.13 Å². The van der Waals surface area contributed by atoms with Crippen molar-refractivity contribution in [1.82, 2.24) is 4.98 Å². The molecule has 0 aliphatic rings. The fraction of sp³-hybridized carbons (Fsp3) is 0.125. The predicted molar refractivity (Wildman–Crippen MR) is 91.2 cm³/mol. The monoisotopic (exact) mass is 330 g/mol. The molecule has 3 rings (SSSR count). The summed E-state index contributed by atoms with van der Waals surface area (Å²) in [6.07, 6.45) is -0.0135. The minimum atomic E-state index is -0.844. The van der Waals surface area contributed by atoms with E-state index in [1.54, 1.807) is 11.3 Å². The van der Waals surface area contributed by atoms with E-state index in [4.69, 9.17) is 5.11 Å². The summed E-state index contributed by atoms with van der Waals surface area (Å²) in [5.41, 5.74) is 2.87. The Morgan fingerprint density at radius 1 is 1.32 bits per heavy atom. The quantitative estimate of drug-likeness (QED) is 0.720. The number of aromatic nitrogens is 1. The number of nitrogens with one attached hydrogen (secondary N) is 1. The fourth-order valence-electron chi connectivity index (χ4n) is 2.11. The highest BCUT2D eigenvalue weighted by molar-refractivity contribution is 7.17. The fourth-order valence-corrected chi connectivity index (χ4v) is 3.91. The van der Waals surface area contributed by atoms with Gasteiger partial charge in [-0.25, -0.2) is 4.98 Å². The Labute approximate surface area is 136 Å². The first-order valence-electron chi connectivity index (χ1n) is 6.71. The zero-order valence-electron chi connectivity index (χ0n) is 11.9. The summed E-state index contributed by atoms with van der Waals surface area (Å²) in [6, 6.07) is 11.9. The number of thiazole rings is 1. The van der Waals surface area contributed by atoms with E-state index >= 15 is 0 Å². The van der Waals surface area contributed by atoms with Gasteiger partial charge in [0.1, 0.15) is 0 Å². The molecular formula is C16H14N2O2S2. The second-order valence-corrected chi connectivity index (χ2v) is 6.86. The lowest BCUT2D eigenvalue weighted by molar-refractivity contribution is -0.136. The minimum Gasteiger partial charge on any atom is -0.481 e. The maximum atomic E-state index is 11.1. The molecule has 2 aromatic heterocycles. The molecular weight excluding hydrogens is 316 g/mol. The Hall–Kier alpha value is -2.18. The second kappa shape index (κ2) is 6.29. The van der Waals surface area contributed by atoms with E-state index in [1.807, 2.05) is 48.7 Å². The van der Waals surface area contributed by atoms with Crippen molar-refractivity contribution in [2.45, 2.75) is 13.3 Å². The maximum absolute atomic E-state index is 11.1. The number of carboxylic acids is 1. The largest absolute Gasteiger partial charge is 0.481 e. The molecule has 2 N–H and O–H groups in total. The Morgan fingerprint density at radius 2 is 2.18 bits per heavy atom. The molecule has 0 amide bonds. The summed E-state index contributed by atoms with van der Waals surface area (Å²) in [5, 5.41) is 15.0. The summed E-state index contributed by atoms with van der Waals surface area (Å²) >= 11 is 2.95. The summed E-state index contributed by atoms with van der Waals surface area (Å²) < 4.78 is 0. The molecule has 0 saturated carbocycles. The van der Waals surface area contributed by atoms with E-state index in [9.17, 15) is 4.79 Å². The molecule has 6 heteroatoms. The van der Waals surface area contributed by atoms with Crippen LogP contribution in [0.5, 0.6) is 0 Å². The van der Waals surface area contributed by atoms with Gasteiger partial charge in [0.15, 0.2) is 5.13 Å². The number of benzene rings is 1. The third kappa shape index (κ3) is 3.35. The van der Waals surface area contributed by atoms with E-state index in [2.05, 4.69) is 10.3 Å². The molecule has 4 nitrogen and oxygen atoms in total. The van der Waals surface area contributed by atoms with Gasteiger partial charge in [0.2, 0.25) is 0 Å². The molecule has 1 aromatic carbocycles. The third-order valence-corrected chi connectivity index (χ3v) is 4.88. The Morgan fingerprint density at radius 3 is 2.86 bits per heavy atom. The second-order valence-electron chi connectivity index (χ2n) is 4.83. The van der Waals surface area contributed by atoms with Crippen molar-refractivity contribution in [3.8, 4) is 10.6 Å². The van der Waals surface area contributed by atoms with Crippen LogP contribution in [0.25, 0.3) is 10.6 Å². The third-order valence-electron chi connectivity index (χ3n) is 3.03. The van der Waals surface area contributed by atoms with Crippen LogP contribution in [0, 0.1) is 6.92 Å². The van der Waals surface area contributed by atoms with Crippen molar-refractivity contribution in [1.29, 1.82) is 0 Å². The van der Waals surface area contributed by atoms with Crippen molar-refractivity contribution in [2.75, 3.05) is 5.32 Å². The summed E-state index contributed by atoms with van der Waals surface area (Å²) in [6.45, 7) is 2.03. The number of hydrogen-bond donors (Lipinski definition) is 2. The van der Waals surface area contributed by atoms with Gasteiger partial charge in [0, 0.05) is 10.6 Å². The summed E-state index contributed by atoms with van der Waals surface area (Å²) in [7, 11) is 0. The summed E-state index contributed by atoms with van der Waals surface area (Å²) in [4.78, 5) is 17.4. The van der Waals surface area contributed by atoms with Crippen LogP contribution in [0.15, 0.2) is 41.8 Å². The van der Waals surface area contributed by atoms with Crippen molar-refractivity contribution < 1.29 is 9.90 Å². The van der Waals surface area contributed by atoms with Gasteiger partial charge in [-0.2, -0.15) is 0 Å². The number of aryl methyl sites for hydroxylation is 1. The average molecular weight is 330 g/mol. The number of hydrogen-bond acceptors (Lipinski definition) is 5. The molecule has 0 aliphatic carbocycles. The highest BCUT2D eigenvalue weighted by Crippen LogP contribution is 2.35. The highest BCUT2D eigenvalue weighted by atomic mass is 32.1. The molecule has 0 fully saturated rings. The van der Waals surface area contributed by atoms with E-state index in [-0.39, 0.29) is 6.42 Å². The van der Waals surface area contributed by atoms with Crippen LogP contribution < -0.4 is 5.32 Å². The molecule has 0 radical (unpaired) electrons. The lowest BCUT2D eigenvalue weighted by Crippen LogP contribution is -1.98. The molecule has 0 saturated heterocycles. The van der Waals surface area contributed by atoms with Gasteiger partial charge in [0.05, 0.1) is 17.0 Å². The molecule has 0 unspecified atom stereocenters. The van der Waals surface area contributed by atoms with Crippen LogP contribution >= 0.6 is 22.7 Å². The number of aliphatic carboxylic acids is 1. The van der Waals surface area contributed by atoms with Gasteiger partial charge in [0.25, 0.3) is 0 Å². The Balaban J connectivity index is 1.94. The van der Waals surface area contributed by atoms with Crippen molar-refractivity contribution >= 4 is 39.5 Å². The van der Waals surface area contributed by atoms with Crippen LogP contribution in [-0.4, -0.2) is 16.1 Å². The normalized spacial score (nSPS) is 10.6. The van der Waals surface area contributed by atoms with Gasteiger partial charge in [-0.3, -0.25) is 4.79 Å². The van der Waals surface area contributed by atoms with Crippen molar-refractivity contribution in [3.05, 3.63) is 52.2 Å². The maximum Gasteiger partial charge on any atom is 0.308 e. The average Bonchev–Trinajstić information content (AvgIpc) is 3.07. The molecule has 22 heavy (non-hydrogen) atoms. The SMILES string of the molecule is Cc1cccc(Nc2nc(-c3cccs3)c(CC(=O)O)s2)c1. The number of rotatable bonds is 5. The minimum absolute atomic E-state index is 0.0135. The van der Waals surface area contributed by atoms with Crippen LogP contribution in [0.4, 0.5) is 10.8 Å². The molecule has 112 valence electrons. The van der Waals surface area contributed by atoms with Crippen LogP contribution in [-0.2, 0) is 11.2 Å². The highest BCUT2D eigenvalue weighted by Gasteiger charge is 2.16. The molecule has 0 aliphatic heterocycles. The smallest absolute Gasteiger partial charge is 0.308 e. The van der Waals surface area contributed by atoms with Crippen molar-refractivity contribution in [2.24, 2.45) is 0 Å². The molecule has 0 atom stereocenters. The molecule has 3 aromatic rings. The van der Waals surface area contributed by atoms with Gasteiger partial charge < -0.3 is 10.4 Å². The van der Waals surface area contributed by atoms with Gasteiger partial charge >= 0.3 is 5.97 Å². The number of nitrogens with zero attached hydrogens (tertiary/aromatic N) is 1. The van der Waals surface area contributed by atoms with E-state index in [0.717, 1.165) is 26.7 Å². The Kier molecular flexibility index (Phi) is 4.22. The first-order chi connectivity index (χ1) is 10.6. The van der Waals surface area contributed by atoms with Gasteiger partial charge in [-0.1, -0.05) is 18.2 Å². The lowest BCUT2D eigenvalue weighted by atomic mass is 10.2. The van der Waals surface area contributed by atoms with E-state index < -0.39 is 5.97 Å². The number of thiophene rings is 1. The molecule has 2 heterocycles. The number of carboxylic acid groups (broad SMARTS) is 1. The first-order valence-corrected chi connectivity index (χ1v) is 8.40. The topological polar surface area (TPSA) is 62.2 Å². The predicted octanol–water partition coefficient (Wildman–Crippen LogP) is 4.55. The number of carbonyl (C=O) groups is 1. The zero-order chi connectivity index (χ0) is 15.5. The molecule has 0 spiro atoms. The zero-order valence-corrected chi connectivity index (χ0v) is 13.5. The van der Waals surface area contributed by atoms with Crippen LogP contribution in [0.2, 0.25) is 0 Å². The number of anilines is 2. The standard InChI is InChI=1S/C16H14N2O2S2/c1-10-4-2-5-11(8-10)17-16-18-15(12-6-3-7-21-12)13(22-16)9-14(19)20/h2-8H,9H2,1H3,(H,17,18)(H,19,20). The van der Waals surface area contributed by atoms with Crippen molar-refractivity contribution in [3.63, 3.8) is 0 Å². The summed E-state index contributed by atoms with van der Waals surface area (Å²) in [5.74, 6) is -0.844. The lowest BCUT2D eigenvalue weighted by Gasteiger charge is -2.02. The van der Waals surface area contributed by atoms with Crippen LogP contribution in [0.3, 0.4) is 0 Å². The van der Waals surface area contributed by atoms with E-state index in [1.165, 1.54) is 11.3 Å². The molecule has 0 bridgehead atoms.